The summed E-state index contributed by atoms with van der Waals surface area (Å²) in [5, 5.41) is 11.5. The molecule has 0 atom stereocenters. The topological polar surface area (TPSA) is 71.3 Å². The molecule has 5 heteroatoms. The number of hydrogen-bond acceptors (Lipinski definition) is 4. The van der Waals surface area contributed by atoms with Crippen molar-refractivity contribution in [3.05, 3.63) is 59.7 Å². The highest BCUT2D eigenvalue weighted by Gasteiger charge is 2.06. The van der Waals surface area contributed by atoms with Crippen LogP contribution in [0.15, 0.2) is 48.5 Å². The Morgan fingerprint density at radius 2 is 1.77 bits per heavy atom. The van der Waals surface area contributed by atoms with Crippen LogP contribution in [0.2, 0.25) is 0 Å². The van der Waals surface area contributed by atoms with Crippen LogP contribution in [0.25, 0.3) is 0 Å². The minimum Gasteiger partial charge on any atom is -0.491 e. The van der Waals surface area contributed by atoms with Crippen molar-refractivity contribution < 1.29 is 14.3 Å². The number of ether oxygens (including phenoxy) is 2. The largest absolute Gasteiger partial charge is 0.491 e. The molecule has 0 unspecified atom stereocenters. The summed E-state index contributed by atoms with van der Waals surface area (Å²) in [5.74, 6) is 0.472. The highest BCUT2D eigenvalue weighted by atomic mass is 16.5. The van der Waals surface area contributed by atoms with Gasteiger partial charge >= 0.3 is 0 Å². The Balaban J connectivity index is 1.95. The molecule has 0 bridgehead atoms. The van der Waals surface area contributed by atoms with Gasteiger partial charge < -0.3 is 14.8 Å². The van der Waals surface area contributed by atoms with Gasteiger partial charge in [-0.25, -0.2) is 0 Å². The third-order valence-electron chi connectivity index (χ3n) is 2.94. The van der Waals surface area contributed by atoms with E-state index < -0.39 is 0 Å². The predicted octanol–water partition coefficient (Wildman–Crippen LogP) is 2.84. The molecule has 2 aromatic rings. The molecule has 0 radical (unpaired) electrons. The van der Waals surface area contributed by atoms with E-state index in [1.807, 2.05) is 6.07 Å². The highest BCUT2D eigenvalue weighted by molar-refractivity contribution is 6.04. The zero-order chi connectivity index (χ0) is 15.8. The van der Waals surface area contributed by atoms with Crippen LogP contribution in [0.4, 0.5) is 5.69 Å². The van der Waals surface area contributed by atoms with E-state index in [-0.39, 0.29) is 5.91 Å². The predicted molar refractivity (Wildman–Crippen MR) is 82.9 cm³/mol. The third kappa shape index (κ3) is 4.33. The zero-order valence-corrected chi connectivity index (χ0v) is 12.2. The first-order valence-corrected chi connectivity index (χ1v) is 6.76. The number of rotatable bonds is 6. The van der Waals surface area contributed by atoms with Crippen molar-refractivity contribution in [2.24, 2.45) is 0 Å². The first kappa shape index (κ1) is 15.5. The second kappa shape index (κ2) is 7.81. The van der Waals surface area contributed by atoms with Crippen LogP contribution in [0, 0.1) is 11.3 Å². The second-order valence-corrected chi connectivity index (χ2v) is 4.51. The van der Waals surface area contributed by atoms with E-state index in [2.05, 4.69) is 5.32 Å². The van der Waals surface area contributed by atoms with Gasteiger partial charge in [-0.1, -0.05) is 0 Å². The fourth-order valence-electron chi connectivity index (χ4n) is 1.78. The number of methoxy groups -OCH3 is 1. The summed E-state index contributed by atoms with van der Waals surface area (Å²) >= 11 is 0. The van der Waals surface area contributed by atoms with Gasteiger partial charge in [-0.15, -0.1) is 0 Å². The highest BCUT2D eigenvalue weighted by Crippen LogP contribution is 2.14. The molecular weight excluding hydrogens is 280 g/mol. The molecule has 0 aliphatic carbocycles. The lowest BCUT2D eigenvalue weighted by atomic mass is 10.2. The molecule has 0 heterocycles. The van der Waals surface area contributed by atoms with Gasteiger partial charge in [0.1, 0.15) is 12.4 Å². The maximum Gasteiger partial charge on any atom is 0.255 e. The van der Waals surface area contributed by atoms with Gasteiger partial charge in [0.05, 0.1) is 18.2 Å². The number of carbonyl (C=O) groups excluding carboxylic acids is 1. The number of anilines is 1. The molecule has 0 spiro atoms. The maximum absolute atomic E-state index is 12.1. The van der Waals surface area contributed by atoms with Crippen LogP contribution in [0.1, 0.15) is 15.9 Å². The number of nitrogens with zero attached hydrogens (tertiary/aromatic N) is 1. The second-order valence-electron chi connectivity index (χ2n) is 4.51. The zero-order valence-electron chi connectivity index (χ0n) is 12.2. The lowest BCUT2D eigenvalue weighted by molar-refractivity contribution is 0.102. The number of benzene rings is 2. The number of nitriles is 1. The first-order valence-electron chi connectivity index (χ1n) is 6.76. The summed E-state index contributed by atoms with van der Waals surface area (Å²) in [5.41, 5.74) is 1.73. The Bertz CT molecular complexity index is 658. The average molecular weight is 296 g/mol. The first-order chi connectivity index (χ1) is 10.7. The summed E-state index contributed by atoms with van der Waals surface area (Å²) in [6, 6.07) is 15.6. The van der Waals surface area contributed by atoms with Crippen molar-refractivity contribution in [2.45, 2.75) is 0 Å². The van der Waals surface area contributed by atoms with Crippen molar-refractivity contribution >= 4 is 11.6 Å². The van der Waals surface area contributed by atoms with Crippen LogP contribution >= 0.6 is 0 Å². The van der Waals surface area contributed by atoms with Gasteiger partial charge in [-0.3, -0.25) is 4.79 Å². The normalized spacial score (nSPS) is 9.82. The van der Waals surface area contributed by atoms with Gasteiger partial charge in [0.15, 0.2) is 0 Å². The number of carbonyl (C=O) groups is 1. The molecule has 0 aliphatic rings. The Morgan fingerprint density at radius 3 is 2.36 bits per heavy atom. The van der Waals surface area contributed by atoms with Crippen LogP contribution in [0.5, 0.6) is 5.75 Å². The molecule has 0 aromatic heterocycles. The van der Waals surface area contributed by atoms with Gasteiger partial charge in [0, 0.05) is 18.4 Å². The van der Waals surface area contributed by atoms with E-state index in [1.54, 1.807) is 55.6 Å². The minimum absolute atomic E-state index is 0.215. The van der Waals surface area contributed by atoms with Crippen molar-refractivity contribution in [3.63, 3.8) is 0 Å². The van der Waals surface area contributed by atoms with E-state index in [0.717, 1.165) is 0 Å². The average Bonchev–Trinajstić information content (AvgIpc) is 2.56. The van der Waals surface area contributed by atoms with Crippen molar-refractivity contribution in [1.29, 1.82) is 5.26 Å². The summed E-state index contributed by atoms with van der Waals surface area (Å²) in [6.45, 7) is 0.980. The molecule has 0 saturated carbocycles. The molecule has 0 saturated heterocycles. The van der Waals surface area contributed by atoms with Gasteiger partial charge in [0.25, 0.3) is 5.91 Å². The van der Waals surface area contributed by atoms with Crippen LogP contribution < -0.4 is 10.1 Å². The standard InChI is InChI=1S/C17H16N2O3/c1-21-10-11-22-16-8-4-14(5-9-16)17(20)19-15-6-2-13(12-18)3-7-15/h2-9H,10-11H2,1H3,(H,19,20). The molecule has 112 valence electrons. The third-order valence-corrected chi connectivity index (χ3v) is 2.94. The maximum atomic E-state index is 12.1. The van der Waals surface area contributed by atoms with Crippen LogP contribution in [0.3, 0.4) is 0 Å². The summed E-state index contributed by atoms with van der Waals surface area (Å²) < 4.78 is 10.3. The summed E-state index contributed by atoms with van der Waals surface area (Å²) in [7, 11) is 1.61. The molecule has 1 N–H and O–H groups in total. The Labute approximate surface area is 129 Å². The van der Waals surface area contributed by atoms with Crippen molar-refractivity contribution in [3.8, 4) is 11.8 Å². The number of hydrogen-bond donors (Lipinski definition) is 1. The molecule has 2 aromatic carbocycles. The van der Waals surface area contributed by atoms with E-state index in [9.17, 15) is 4.79 Å². The van der Waals surface area contributed by atoms with Gasteiger partial charge in [-0.05, 0) is 48.5 Å². The molecule has 5 nitrogen and oxygen atoms in total. The fourth-order valence-corrected chi connectivity index (χ4v) is 1.78. The fraction of sp³-hybridized carbons (Fsp3) is 0.176. The monoisotopic (exact) mass is 296 g/mol. The minimum atomic E-state index is -0.215. The molecule has 1 amide bonds. The molecular formula is C17H16N2O3. The molecule has 2 rings (SSSR count). The van der Waals surface area contributed by atoms with E-state index in [0.29, 0.717) is 35.8 Å². The number of nitrogens with one attached hydrogen (secondary N) is 1. The van der Waals surface area contributed by atoms with Crippen LogP contribution in [-0.2, 0) is 4.74 Å². The van der Waals surface area contributed by atoms with Crippen molar-refractivity contribution in [1.82, 2.24) is 0 Å². The SMILES string of the molecule is COCCOc1ccc(C(=O)Nc2ccc(C#N)cc2)cc1. The van der Waals surface area contributed by atoms with E-state index in [1.165, 1.54) is 0 Å². The quantitative estimate of drug-likeness (QED) is 0.832. The van der Waals surface area contributed by atoms with E-state index in [4.69, 9.17) is 14.7 Å². The van der Waals surface area contributed by atoms with Gasteiger partial charge in [-0.2, -0.15) is 5.26 Å². The Kier molecular flexibility index (Phi) is 5.52. The molecule has 0 fully saturated rings. The Hall–Kier alpha value is -2.84. The lowest BCUT2D eigenvalue weighted by Gasteiger charge is -2.07. The molecule has 22 heavy (non-hydrogen) atoms. The summed E-state index contributed by atoms with van der Waals surface area (Å²) in [6.07, 6.45) is 0. The molecule has 0 aliphatic heterocycles. The summed E-state index contributed by atoms with van der Waals surface area (Å²) in [4.78, 5) is 12.1. The number of amides is 1. The lowest BCUT2D eigenvalue weighted by Crippen LogP contribution is -2.11. The van der Waals surface area contributed by atoms with Gasteiger partial charge in [0.2, 0.25) is 0 Å². The van der Waals surface area contributed by atoms with E-state index >= 15 is 0 Å². The smallest absolute Gasteiger partial charge is 0.255 e. The van der Waals surface area contributed by atoms with Crippen LogP contribution in [-0.4, -0.2) is 26.2 Å². The Morgan fingerprint density at radius 1 is 1.09 bits per heavy atom. The van der Waals surface area contributed by atoms with Crippen molar-refractivity contribution in [2.75, 3.05) is 25.6 Å².